The van der Waals surface area contributed by atoms with E-state index in [-0.39, 0.29) is 22.6 Å². The van der Waals surface area contributed by atoms with Crippen molar-refractivity contribution in [2.45, 2.75) is 26.8 Å². The Labute approximate surface area is 236 Å². The molecule has 2 aliphatic heterocycles. The minimum absolute atomic E-state index is 0.155. The Morgan fingerprint density at radius 3 is 2.46 bits per heavy atom. The number of hydrogen-bond donors (Lipinski definition) is 0. The Hall–Kier alpha value is -3.70. The molecule has 1 aromatic heterocycles. The van der Waals surface area contributed by atoms with Gasteiger partial charge < -0.3 is 19.1 Å². The van der Waals surface area contributed by atoms with Crippen LogP contribution < -0.4 is 29.3 Å². The molecule has 9 nitrogen and oxygen atoms in total. The number of amides is 1. The van der Waals surface area contributed by atoms with Crippen LogP contribution in [0, 0.1) is 0 Å². The topological polar surface area (TPSA) is 99.4 Å². The molecule has 39 heavy (non-hydrogen) atoms. The van der Waals surface area contributed by atoms with E-state index in [1.54, 1.807) is 30.9 Å². The molecule has 0 saturated heterocycles. The molecular formula is C28H26BrN3O6S. The number of methoxy groups -OCH3 is 2. The average Bonchev–Trinajstić information content (AvgIpc) is 3.39. The molecule has 5 rings (SSSR count). The molecule has 2 aliphatic rings. The number of benzene rings is 2. The maximum Gasteiger partial charge on any atom is 0.338 e. The van der Waals surface area contributed by atoms with E-state index in [0.29, 0.717) is 49.7 Å². The number of aromatic nitrogens is 1. The zero-order valence-corrected chi connectivity index (χ0v) is 24.4. The lowest BCUT2D eigenvalue weighted by Crippen LogP contribution is -2.41. The first kappa shape index (κ1) is 26.9. The van der Waals surface area contributed by atoms with Crippen LogP contribution >= 0.6 is 27.3 Å². The van der Waals surface area contributed by atoms with Crippen LogP contribution in [-0.2, 0) is 14.3 Å². The normalized spacial score (nSPS) is 17.5. The molecule has 0 N–H and O–H groups in total. The highest BCUT2D eigenvalue weighted by molar-refractivity contribution is 9.10. The number of thiazole rings is 1. The van der Waals surface area contributed by atoms with Crippen LogP contribution in [0.25, 0.3) is 5.57 Å². The molecule has 0 saturated carbocycles. The second-order valence-electron chi connectivity index (χ2n) is 8.79. The highest BCUT2D eigenvalue weighted by Crippen LogP contribution is 2.41. The predicted molar refractivity (Wildman–Crippen MR) is 151 cm³/mol. The summed E-state index contributed by atoms with van der Waals surface area (Å²) in [7, 11) is 3.04. The Bertz CT molecular complexity index is 1740. The van der Waals surface area contributed by atoms with E-state index in [9.17, 15) is 14.4 Å². The average molecular weight is 613 g/mol. The first-order chi connectivity index (χ1) is 18.8. The van der Waals surface area contributed by atoms with Crippen LogP contribution in [0.15, 0.2) is 61.9 Å². The molecule has 0 unspecified atom stereocenters. The summed E-state index contributed by atoms with van der Waals surface area (Å²) in [5, 5.41) is 0. The second kappa shape index (κ2) is 10.5. The number of carbonyl (C=O) groups excluding carboxylic acids is 2. The molecule has 3 heterocycles. The molecule has 3 aromatic rings. The van der Waals surface area contributed by atoms with Crippen molar-refractivity contribution in [2.24, 2.45) is 4.99 Å². The third kappa shape index (κ3) is 4.20. The number of likely N-dealkylation sites (N-methyl/N-ethyl adjacent to an activating group) is 1. The van der Waals surface area contributed by atoms with Crippen LogP contribution in [0.5, 0.6) is 11.5 Å². The highest BCUT2D eigenvalue weighted by Gasteiger charge is 2.38. The van der Waals surface area contributed by atoms with E-state index in [1.807, 2.05) is 31.2 Å². The van der Waals surface area contributed by atoms with Crippen LogP contribution in [0.1, 0.15) is 37.9 Å². The van der Waals surface area contributed by atoms with Gasteiger partial charge in [0.1, 0.15) is 4.53 Å². The maximum absolute atomic E-state index is 14.2. The largest absolute Gasteiger partial charge is 0.493 e. The van der Waals surface area contributed by atoms with Gasteiger partial charge in [0, 0.05) is 16.6 Å². The molecule has 0 aliphatic carbocycles. The van der Waals surface area contributed by atoms with Gasteiger partial charge in [0.15, 0.2) is 16.3 Å². The Kier molecular flexibility index (Phi) is 7.21. The molecule has 202 valence electrons. The van der Waals surface area contributed by atoms with Crippen molar-refractivity contribution in [1.82, 2.24) is 4.57 Å². The van der Waals surface area contributed by atoms with Gasteiger partial charge in [0.05, 0.1) is 49.4 Å². The number of rotatable bonds is 6. The first-order valence-electron chi connectivity index (χ1n) is 12.3. The van der Waals surface area contributed by atoms with E-state index >= 15 is 0 Å². The summed E-state index contributed by atoms with van der Waals surface area (Å²) in [5.41, 5.74) is 2.59. The van der Waals surface area contributed by atoms with Crippen molar-refractivity contribution in [3.63, 3.8) is 0 Å². The Morgan fingerprint density at radius 2 is 1.79 bits per heavy atom. The molecule has 1 atom stereocenters. The highest BCUT2D eigenvalue weighted by atomic mass is 79.9. The van der Waals surface area contributed by atoms with Crippen molar-refractivity contribution >= 4 is 50.4 Å². The summed E-state index contributed by atoms with van der Waals surface area (Å²) in [6.45, 7) is 5.94. The fourth-order valence-electron chi connectivity index (χ4n) is 5.03. The van der Waals surface area contributed by atoms with E-state index in [2.05, 4.69) is 20.9 Å². The summed E-state index contributed by atoms with van der Waals surface area (Å²) >= 11 is 4.73. The first-order valence-corrected chi connectivity index (χ1v) is 13.9. The maximum atomic E-state index is 14.2. The molecule has 0 fully saturated rings. The molecule has 1 amide bonds. The van der Waals surface area contributed by atoms with Gasteiger partial charge in [-0.05, 0) is 44.5 Å². The number of ether oxygens (including phenoxy) is 3. The van der Waals surface area contributed by atoms with E-state index in [0.717, 1.165) is 17.0 Å². The van der Waals surface area contributed by atoms with Crippen molar-refractivity contribution in [3.8, 4) is 11.5 Å². The predicted octanol–water partition coefficient (Wildman–Crippen LogP) is 3.31. The molecule has 0 spiro atoms. The molecule has 0 bridgehead atoms. The van der Waals surface area contributed by atoms with Crippen LogP contribution in [0.3, 0.4) is 0 Å². The summed E-state index contributed by atoms with van der Waals surface area (Å²) in [5.74, 6) is 0.0860. The number of allylic oxidation sites excluding steroid dienone is 1. The number of nitrogens with zero attached hydrogens (tertiary/aromatic N) is 3. The van der Waals surface area contributed by atoms with Crippen molar-refractivity contribution < 1.29 is 23.8 Å². The van der Waals surface area contributed by atoms with Gasteiger partial charge in [-0.25, -0.2) is 9.79 Å². The van der Waals surface area contributed by atoms with Gasteiger partial charge in [-0.1, -0.05) is 45.5 Å². The lowest BCUT2D eigenvalue weighted by molar-refractivity contribution is -0.139. The number of esters is 1. The van der Waals surface area contributed by atoms with Crippen LogP contribution in [0.2, 0.25) is 0 Å². The number of hydrogen-bond acceptors (Lipinski definition) is 8. The third-order valence-corrected chi connectivity index (χ3v) is 8.50. The monoisotopic (exact) mass is 611 g/mol. The number of fused-ring (bicyclic) bond motifs is 2. The smallest absolute Gasteiger partial charge is 0.338 e. The van der Waals surface area contributed by atoms with Crippen molar-refractivity contribution in [2.75, 3.05) is 32.3 Å². The zero-order chi connectivity index (χ0) is 28.0. The van der Waals surface area contributed by atoms with Gasteiger partial charge in [0.2, 0.25) is 0 Å². The fourth-order valence-corrected chi connectivity index (χ4v) is 6.70. The minimum Gasteiger partial charge on any atom is -0.493 e. The van der Waals surface area contributed by atoms with Crippen molar-refractivity contribution in [3.05, 3.63) is 83.0 Å². The standard InChI is InChI=1S/C28H26BrN3O6S/c1-6-31-18-11-9-8-10-15(18)22(25(31)33)24-26(34)32-23(16-12-19(36-4)20(37-5)13-17(16)29)21(27(35)38-7-2)14(3)30-28(32)39-24/h8-13,23H,6-7H2,1-5H3/b24-22+/t23-/m0/s1. The summed E-state index contributed by atoms with van der Waals surface area (Å²) in [6.07, 6.45) is 0. The van der Waals surface area contributed by atoms with E-state index in [1.165, 1.54) is 18.8 Å². The quantitative estimate of drug-likeness (QED) is 0.397. The van der Waals surface area contributed by atoms with Gasteiger partial charge >= 0.3 is 5.97 Å². The number of carbonyl (C=O) groups is 2. The van der Waals surface area contributed by atoms with Crippen LogP contribution in [-0.4, -0.2) is 43.8 Å². The molecule has 0 radical (unpaired) electrons. The van der Waals surface area contributed by atoms with Gasteiger partial charge in [0.25, 0.3) is 11.5 Å². The number of para-hydroxylation sites is 1. The molecule has 2 aromatic carbocycles. The zero-order valence-electron chi connectivity index (χ0n) is 22.0. The summed E-state index contributed by atoms with van der Waals surface area (Å²) in [4.78, 5) is 47.7. The molecule has 11 heteroatoms. The minimum atomic E-state index is -0.891. The number of halogens is 1. The van der Waals surface area contributed by atoms with E-state index < -0.39 is 17.6 Å². The summed E-state index contributed by atoms with van der Waals surface area (Å²) in [6, 6.07) is 9.97. The SMILES string of the molecule is CCOC(=O)C1=C(C)N=c2s/c(=C3/C(=O)N(CC)c4ccccc43)c(=O)n2[C@H]1c1cc(OC)c(OC)cc1Br. The second-order valence-corrected chi connectivity index (χ2v) is 10.6. The van der Waals surface area contributed by atoms with Gasteiger partial charge in [-0.3, -0.25) is 14.2 Å². The number of anilines is 1. The van der Waals surface area contributed by atoms with Crippen molar-refractivity contribution in [1.29, 1.82) is 0 Å². The van der Waals surface area contributed by atoms with Crippen LogP contribution in [0.4, 0.5) is 5.69 Å². The lowest BCUT2D eigenvalue weighted by atomic mass is 9.95. The molecular weight excluding hydrogens is 586 g/mol. The Morgan fingerprint density at radius 1 is 1.10 bits per heavy atom. The van der Waals surface area contributed by atoms with Gasteiger partial charge in [-0.2, -0.15) is 0 Å². The van der Waals surface area contributed by atoms with E-state index in [4.69, 9.17) is 14.2 Å². The lowest BCUT2D eigenvalue weighted by Gasteiger charge is -2.26. The summed E-state index contributed by atoms with van der Waals surface area (Å²) < 4.78 is 18.7. The fraction of sp³-hybridized carbons (Fsp3) is 0.286. The third-order valence-electron chi connectivity index (χ3n) is 6.76. The van der Waals surface area contributed by atoms with Gasteiger partial charge in [-0.15, -0.1) is 0 Å². The Balaban J connectivity index is 1.86.